The van der Waals surface area contributed by atoms with E-state index < -0.39 is 11.8 Å². The Hall–Kier alpha value is -2.93. The first kappa shape index (κ1) is 17.9. The number of benzene rings is 1. The van der Waals surface area contributed by atoms with Crippen LogP contribution in [0.15, 0.2) is 35.9 Å². The van der Waals surface area contributed by atoms with Crippen molar-refractivity contribution in [2.45, 2.75) is 20.8 Å². The van der Waals surface area contributed by atoms with Crippen molar-refractivity contribution < 1.29 is 14.3 Å². The first-order chi connectivity index (χ1) is 12.4. The topological polar surface area (TPSA) is 72.4 Å². The molecule has 7 heteroatoms. The van der Waals surface area contributed by atoms with Crippen LogP contribution in [0.5, 0.6) is 5.75 Å². The molecule has 0 unspecified atom stereocenters. The van der Waals surface area contributed by atoms with Crippen LogP contribution in [0.3, 0.4) is 0 Å². The highest BCUT2D eigenvalue weighted by atomic mass is 32.1. The molecule has 2 N–H and O–H groups in total. The fourth-order valence-electron chi connectivity index (χ4n) is 2.95. The Morgan fingerprint density at radius 3 is 2.31 bits per heavy atom. The number of nitrogens with zero attached hydrogens (tertiary/aromatic N) is 1. The summed E-state index contributed by atoms with van der Waals surface area (Å²) in [6, 6.07) is 9.71. The molecule has 1 aliphatic rings. The van der Waals surface area contributed by atoms with Crippen LogP contribution in [0.1, 0.15) is 23.9 Å². The molecule has 0 saturated carbocycles. The van der Waals surface area contributed by atoms with Gasteiger partial charge in [0, 0.05) is 17.1 Å². The molecular weight excluding hydrogens is 350 g/mol. The van der Waals surface area contributed by atoms with Crippen LogP contribution in [0.2, 0.25) is 0 Å². The number of hydrogen-bond acceptors (Lipinski definition) is 4. The number of carbonyl (C=O) groups is 2. The molecule has 6 nitrogen and oxygen atoms in total. The summed E-state index contributed by atoms with van der Waals surface area (Å²) in [5.74, 6) is -0.179. The average molecular weight is 369 g/mol. The number of aromatic nitrogens is 1. The fourth-order valence-corrected chi connectivity index (χ4v) is 3.14. The van der Waals surface area contributed by atoms with Crippen molar-refractivity contribution in [2.75, 3.05) is 6.61 Å². The van der Waals surface area contributed by atoms with E-state index in [1.54, 1.807) is 6.08 Å². The quantitative estimate of drug-likeness (QED) is 0.493. The van der Waals surface area contributed by atoms with Gasteiger partial charge in [0.25, 0.3) is 11.8 Å². The summed E-state index contributed by atoms with van der Waals surface area (Å²) in [7, 11) is 0. The molecule has 1 saturated heterocycles. The highest BCUT2D eigenvalue weighted by molar-refractivity contribution is 7.80. The van der Waals surface area contributed by atoms with E-state index in [9.17, 15) is 9.59 Å². The van der Waals surface area contributed by atoms with Gasteiger partial charge in [-0.15, -0.1) is 0 Å². The van der Waals surface area contributed by atoms with Crippen LogP contribution in [-0.2, 0) is 9.59 Å². The molecule has 1 fully saturated rings. The second-order valence-electron chi connectivity index (χ2n) is 5.88. The van der Waals surface area contributed by atoms with Crippen LogP contribution in [0, 0.1) is 13.8 Å². The lowest BCUT2D eigenvalue weighted by Crippen LogP contribution is -2.51. The summed E-state index contributed by atoms with van der Waals surface area (Å²) in [6.45, 7) is 6.48. The Morgan fingerprint density at radius 2 is 1.73 bits per heavy atom. The maximum atomic E-state index is 12.0. The molecule has 134 valence electrons. The van der Waals surface area contributed by atoms with Crippen LogP contribution >= 0.6 is 12.2 Å². The average Bonchev–Trinajstić information content (AvgIpc) is 2.86. The molecule has 0 aliphatic carbocycles. The lowest BCUT2D eigenvalue weighted by Gasteiger charge is -2.16. The molecule has 26 heavy (non-hydrogen) atoms. The monoisotopic (exact) mass is 369 g/mol. The molecule has 1 aromatic heterocycles. The number of rotatable bonds is 4. The summed E-state index contributed by atoms with van der Waals surface area (Å²) in [5.41, 5.74) is 3.72. The van der Waals surface area contributed by atoms with Gasteiger partial charge in [-0.3, -0.25) is 20.2 Å². The van der Waals surface area contributed by atoms with E-state index in [-0.39, 0.29) is 10.7 Å². The van der Waals surface area contributed by atoms with Crippen molar-refractivity contribution in [1.82, 2.24) is 15.2 Å². The van der Waals surface area contributed by atoms with Gasteiger partial charge in [0.1, 0.15) is 11.3 Å². The normalized spacial score (nSPS) is 14.1. The molecule has 1 aliphatic heterocycles. The molecule has 0 radical (unpaired) electrons. The van der Waals surface area contributed by atoms with E-state index in [2.05, 4.69) is 15.2 Å². The highest BCUT2D eigenvalue weighted by Gasteiger charge is 2.26. The van der Waals surface area contributed by atoms with Crippen molar-refractivity contribution in [1.29, 1.82) is 0 Å². The summed E-state index contributed by atoms with van der Waals surface area (Å²) < 4.78 is 7.54. The second-order valence-corrected chi connectivity index (χ2v) is 6.29. The second kappa shape index (κ2) is 7.13. The summed E-state index contributed by atoms with van der Waals surface area (Å²) in [6.07, 6.45) is 1.58. The minimum absolute atomic E-state index is 0.0250. The lowest BCUT2D eigenvalue weighted by molar-refractivity contribution is -0.123. The Morgan fingerprint density at radius 1 is 1.12 bits per heavy atom. The number of aryl methyl sites for hydroxylation is 1. The molecular formula is C19H19N3O3S. The first-order valence-electron chi connectivity index (χ1n) is 8.21. The number of ether oxygens (including phenoxy) is 1. The molecule has 0 spiro atoms. The van der Waals surface area contributed by atoms with E-state index >= 15 is 0 Å². The van der Waals surface area contributed by atoms with Gasteiger partial charge in [-0.05, 0) is 75.0 Å². The zero-order valence-electron chi connectivity index (χ0n) is 14.8. The van der Waals surface area contributed by atoms with Crippen LogP contribution in [0.25, 0.3) is 11.8 Å². The number of nitrogens with one attached hydrogen (secondary N) is 2. The van der Waals surface area contributed by atoms with Crippen molar-refractivity contribution >= 4 is 35.2 Å². The van der Waals surface area contributed by atoms with E-state index in [1.165, 1.54) is 0 Å². The van der Waals surface area contributed by atoms with Crippen molar-refractivity contribution in [2.24, 2.45) is 0 Å². The maximum absolute atomic E-state index is 12.0. The zero-order valence-corrected chi connectivity index (χ0v) is 15.6. The van der Waals surface area contributed by atoms with Crippen molar-refractivity contribution in [3.8, 4) is 11.4 Å². The maximum Gasteiger partial charge on any atom is 0.263 e. The van der Waals surface area contributed by atoms with Gasteiger partial charge in [0.2, 0.25) is 0 Å². The number of amides is 2. The zero-order chi connectivity index (χ0) is 18.8. The fraction of sp³-hybridized carbons (Fsp3) is 0.211. The molecule has 2 aromatic rings. The number of thiocarbonyl (C=S) groups is 1. The SMILES string of the molecule is CCOc1ccc(-n2c(C)cc(C=C3C(=O)NC(=S)NC3=O)c2C)cc1. The minimum atomic E-state index is -0.496. The van der Waals surface area contributed by atoms with Gasteiger partial charge in [-0.1, -0.05) is 0 Å². The molecule has 3 rings (SSSR count). The molecule has 2 heterocycles. The van der Waals surface area contributed by atoms with E-state index in [1.807, 2.05) is 51.1 Å². The Kier molecular flexibility index (Phi) is 4.90. The lowest BCUT2D eigenvalue weighted by atomic mass is 10.1. The third kappa shape index (κ3) is 3.39. The molecule has 0 bridgehead atoms. The van der Waals surface area contributed by atoms with Crippen molar-refractivity contribution in [3.05, 3.63) is 52.9 Å². The number of hydrogen-bond donors (Lipinski definition) is 2. The van der Waals surface area contributed by atoms with E-state index in [0.717, 1.165) is 28.4 Å². The van der Waals surface area contributed by atoms with Crippen LogP contribution in [-0.4, -0.2) is 28.1 Å². The smallest absolute Gasteiger partial charge is 0.263 e. The van der Waals surface area contributed by atoms with Gasteiger partial charge < -0.3 is 9.30 Å². The summed E-state index contributed by atoms with van der Waals surface area (Å²) in [5, 5.41) is 4.91. The summed E-state index contributed by atoms with van der Waals surface area (Å²) >= 11 is 4.82. The van der Waals surface area contributed by atoms with Crippen LogP contribution in [0.4, 0.5) is 0 Å². The molecule has 2 amide bonds. The first-order valence-corrected chi connectivity index (χ1v) is 8.62. The van der Waals surface area contributed by atoms with E-state index in [0.29, 0.717) is 6.61 Å². The predicted octanol–water partition coefficient (Wildman–Crippen LogP) is 2.41. The third-order valence-electron chi connectivity index (χ3n) is 4.12. The molecule has 1 aromatic carbocycles. The van der Waals surface area contributed by atoms with Crippen LogP contribution < -0.4 is 15.4 Å². The van der Waals surface area contributed by atoms with Gasteiger partial charge >= 0.3 is 0 Å². The van der Waals surface area contributed by atoms with Gasteiger partial charge in [0.05, 0.1) is 6.61 Å². The molecule has 0 atom stereocenters. The van der Waals surface area contributed by atoms with Crippen molar-refractivity contribution in [3.63, 3.8) is 0 Å². The Balaban J connectivity index is 1.98. The van der Waals surface area contributed by atoms with Gasteiger partial charge in [0.15, 0.2) is 5.11 Å². The standard InChI is InChI=1S/C19H19N3O3S/c1-4-25-15-7-5-14(6-8-15)22-11(2)9-13(12(22)3)10-16-17(23)20-19(26)21-18(16)24/h5-10H,4H2,1-3H3,(H2,20,21,23,24,26). The Labute approximate surface area is 156 Å². The highest BCUT2D eigenvalue weighted by Crippen LogP contribution is 2.24. The van der Waals surface area contributed by atoms with Gasteiger partial charge in [-0.2, -0.15) is 0 Å². The van der Waals surface area contributed by atoms with E-state index in [4.69, 9.17) is 17.0 Å². The van der Waals surface area contributed by atoms with Gasteiger partial charge in [-0.25, -0.2) is 0 Å². The Bertz CT molecular complexity index is 904. The summed E-state index contributed by atoms with van der Waals surface area (Å²) in [4.78, 5) is 24.1. The number of carbonyl (C=O) groups excluding carboxylic acids is 2. The minimum Gasteiger partial charge on any atom is -0.494 e. The third-order valence-corrected chi connectivity index (χ3v) is 4.32. The predicted molar refractivity (Wildman–Crippen MR) is 103 cm³/mol. The largest absolute Gasteiger partial charge is 0.494 e.